The Morgan fingerprint density at radius 2 is 1.66 bits per heavy atom. The first-order chi connectivity index (χ1) is 16.7. The Kier molecular flexibility index (Phi) is 6.61. The predicted molar refractivity (Wildman–Crippen MR) is 126 cm³/mol. The predicted octanol–water partition coefficient (Wildman–Crippen LogP) is 7.05. The van der Waals surface area contributed by atoms with Crippen molar-refractivity contribution in [1.29, 1.82) is 0 Å². The maximum Gasteiger partial charge on any atom is 0.417 e. The van der Waals surface area contributed by atoms with Crippen LogP contribution in [0.2, 0.25) is 0 Å². The summed E-state index contributed by atoms with van der Waals surface area (Å²) in [5.41, 5.74) is -0.895. The Bertz CT molecular complexity index is 1440. The Morgan fingerprint density at radius 3 is 2.31 bits per heavy atom. The van der Waals surface area contributed by atoms with Crippen molar-refractivity contribution in [2.24, 2.45) is 0 Å². The van der Waals surface area contributed by atoms with Crippen LogP contribution in [0.1, 0.15) is 26.4 Å². The van der Waals surface area contributed by atoms with Crippen molar-refractivity contribution in [1.82, 2.24) is 0 Å². The highest BCUT2D eigenvalue weighted by atomic mass is 32.1. The molecule has 0 spiro atoms. The number of hydrogen-bond donors (Lipinski definition) is 1. The highest BCUT2D eigenvalue weighted by Crippen LogP contribution is 2.44. The van der Waals surface area contributed by atoms with Crippen LogP contribution in [0.3, 0.4) is 0 Å². The van der Waals surface area contributed by atoms with Crippen LogP contribution < -0.4 is 9.47 Å². The highest BCUT2D eigenvalue weighted by Gasteiger charge is 2.36. The van der Waals surface area contributed by atoms with E-state index in [1.54, 1.807) is 42.5 Å². The van der Waals surface area contributed by atoms with E-state index < -0.39 is 29.1 Å². The molecule has 178 valence electrons. The van der Waals surface area contributed by atoms with Crippen LogP contribution in [0, 0.1) is 0 Å². The molecular weight excluding hydrogens is 481 g/mol. The number of ether oxygens (including phenoxy) is 2. The van der Waals surface area contributed by atoms with Gasteiger partial charge in [0.1, 0.15) is 16.4 Å². The molecule has 1 aromatic heterocycles. The van der Waals surface area contributed by atoms with Gasteiger partial charge in [0.05, 0.1) is 12.7 Å². The van der Waals surface area contributed by atoms with Gasteiger partial charge in [0, 0.05) is 21.7 Å². The Labute approximate surface area is 201 Å². The third-order valence-corrected chi connectivity index (χ3v) is 6.19. The molecule has 0 atom stereocenters. The molecule has 0 aliphatic heterocycles. The van der Waals surface area contributed by atoms with Crippen LogP contribution in [0.15, 0.2) is 72.8 Å². The Hall–Kier alpha value is -4.11. The van der Waals surface area contributed by atoms with Crippen molar-refractivity contribution in [2.75, 3.05) is 7.11 Å². The molecule has 0 aliphatic carbocycles. The van der Waals surface area contributed by atoms with Gasteiger partial charge in [-0.3, -0.25) is 4.79 Å². The molecule has 0 saturated carbocycles. The average Bonchev–Trinajstić information content (AvgIpc) is 3.19. The van der Waals surface area contributed by atoms with Gasteiger partial charge in [0.15, 0.2) is 5.75 Å². The average molecular weight is 498 g/mol. The zero-order valence-electron chi connectivity index (χ0n) is 18.1. The number of aliphatic carboxylic acids is 1. The largest absolute Gasteiger partial charge is 0.497 e. The van der Waals surface area contributed by atoms with E-state index in [1.165, 1.54) is 25.3 Å². The van der Waals surface area contributed by atoms with E-state index in [4.69, 9.17) is 14.6 Å². The normalized spacial score (nSPS) is 11.7. The van der Waals surface area contributed by atoms with Crippen LogP contribution in [-0.2, 0) is 11.0 Å². The van der Waals surface area contributed by atoms with E-state index in [0.29, 0.717) is 27.1 Å². The molecule has 0 unspecified atom stereocenters. The summed E-state index contributed by atoms with van der Waals surface area (Å²) < 4.78 is 52.6. The first kappa shape index (κ1) is 24.0. The lowest BCUT2D eigenvalue weighted by atomic mass is 10.0. The standard InChI is InChI=1S/C26H17F3O5S/c1-33-17-11-12-19-21(14-17)35-25(23(32)18-4-2-3-5-20(18)26(27,28)29)24(19)34-16-9-6-15(7-10-16)8-13-22(30)31/h2-14H,1H3,(H,30,31)/b13-8+. The van der Waals surface area contributed by atoms with Crippen molar-refractivity contribution in [3.05, 3.63) is 94.4 Å². The maximum atomic E-state index is 13.6. The molecule has 0 fully saturated rings. The van der Waals surface area contributed by atoms with E-state index in [2.05, 4.69) is 0 Å². The number of methoxy groups -OCH3 is 1. The van der Waals surface area contributed by atoms with E-state index >= 15 is 0 Å². The van der Waals surface area contributed by atoms with Gasteiger partial charge < -0.3 is 14.6 Å². The molecule has 0 bridgehead atoms. The summed E-state index contributed by atoms with van der Waals surface area (Å²) in [5.74, 6) is -0.925. The fourth-order valence-corrected chi connectivity index (χ4v) is 4.53. The maximum absolute atomic E-state index is 13.6. The fourth-order valence-electron chi connectivity index (χ4n) is 3.41. The number of fused-ring (bicyclic) bond motifs is 1. The molecule has 9 heteroatoms. The second-order valence-corrected chi connectivity index (χ2v) is 8.39. The minimum Gasteiger partial charge on any atom is -0.497 e. The molecule has 4 aromatic rings. The number of alkyl halides is 3. The number of ketones is 1. The number of hydrogen-bond acceptors (Lipinski definition) is 5. The van der Waals surface area contributed by atoms with Gasteiger partial charge in [0.2, 0.25) is 5.78 Å². The third kappa shape index (κ3) is 5.20. The number of carbonyl (C=O) groups is 2. The van der Waals surface area contributed by atoms with Crippen LogP contribution in [-0.4, -0.2) is 24.0 Å². The summed E-state index contributed by atoms with van der Waals surface area (Å²) in [5, 5.41) is 9.30. The number of halogens is 3. The summed E-state index contributed by atoms with van der Waals surface area (Å²) in [6.07, 6.45) is -2.31. The number of benzene rings is 3. The van der Waals surface area contributed by atoms with Crippen molar-refractivity contribution in [2.45, 2.75) is 6.18 Å². The summed E-state index contributed by atoms with van der Waals surface area (Å²) >= 11 is 1.01. The van der Waals surface area contributed by atoms with E-state index in [0.717, 1.165) is 29.5 Å². The molecule has 5 nitrogen and oxygen atoms in total. The summed E-state index contributed by atoms with van der Waals surface area (Å²) in [6.45, 7) is 0. The lowest BCUT2D eigenvalue weighted by Crippen LogP contribution is -2.13. The minimum atomic E-state index is -4.70. The second kappa shape index (κ2) is 9.63. The van der Waals surface area contributed by atoms with Crippen LogP contribution in [0.5, 0.6) is 17.2 Å². The SMILES string of the molecule is COc1ccc2c(Oc3ccc(/C=C/C(=O)O)cc3)c(C(=O)c3ccccc3C(F)(F)F)sc2c1. The molecule has 4 rings (SSSR count). The van der Waals surface area contributed by atoms with Gasteiger partial charge in [-0.25, -0.2) is 4.79 Å². The molecule has 0 saturated heterocycles. The van der Waals surface area contributed by atoms with Gasteiger partial charge >= 0.3 is 12.1 Å². The molecule has 3 aromatic carbocycles. The first-order valence-electron chi connectivity index (χ1n) is 10.2. The zero-order chi connectivity index (χ0) is 25.2. The Morgan fingerprint density at radius 1 is 0.971 bits per heavy atom. The molecule has 1 heterocycles. The van der Waals surface area contributed by atoms with Crippen molar-refractivity contribution >= 4 is 39.3 Å². The van der Waals surface area contributed by atoms with Crippen molar-refractivity contribution in [3.8, 4) is 17.2 Å². The van der Waals surface area contributed by atoms with Gasteiger partial charge in [-0.2, -0.15) is 13.2 Å². The van der Waals surface area contributed by atoms with E-state index in [9.17, 15) is 22.8 Å². The first-order valence-corrected chi connectivity index (χ1v) is 11.0. The number of rotatable bonds is 7. The highest BCUT2D eigenvalue weighted by molar-refractivity contribution is 7.21. The van der Waals surface area contributed by atoms with E-state index in [1.807, 2.05) is 0 Å². The summed E-state index contributed by atoms with van der Waals surface area (Å²) in [7, 11) is 1.48. The zero-order valence-corrected chi connectivity index (χ0v) is 18.9. The minimum absolute atomic E-state index is 0.0137. The molecule has 1 N–H and O–H groups in total. The van der Waals surface area contributed by atoms with Gasteiger partial charge in [-0.05, 0) is 48.0 Å². The Balaban J connectivity index is 1.80. The number of carbonyl (C=O) groups excluding carboxylic acids is 1. The summed E-state index contributed by atoms with van der Waals surface area (Å²) in [4.78, 5) is 24.1. The van der Waals surface area contributed by atoms with Gasteiger partial charge in [-0.1, -0.05) is 30.3 Å². The second-order valence-electron chi connectivity index (χ2n) is 7.34. The van der Waals surface area contributed by atoms with Crippen LogP contribution in [0.4, 0.5) is 13.2 Å². The number of carboxylic acids is 1. The molecule has 35 heavy (non-hydrogen) atoms. The molecule has 0 radical (unpaired) electrons. The monoisotopic (exact) mass is 498 g/mol. The fraction of sp³-hybridized carbons (Fsp3) is 0.0769. The molecule has 0 aliphatic rings. The molecular formula is C26H17F3O5S. The van der Waals surface area contributed by atoms with Crippen LogP contribution in [0.25, 0.3) is 16.2 Å². The molecule has 0 amide bonds. The van der Waals surface area contributed by atoms with Crippen LogP contribution >= 0.6 is 11.3 Å². The van der Waals surface area contributed by atoms with Crippen molar-refractivity contribution in [3.63, 3.8) is 0 Å². The van der Waals surface area contributed by atoms with E-state index in [-0.39, 0.29) is 10.6 Å². The third-order valence-electron chi connectivity index (χ3n) is 5.05. The lowest BCUT2D eigenvalue weighted by molar-refractivity contribution is -0.138. The number of thiophene rings is 1. The summed E-state index contributed by atoms with van der Waals surface area (Å²) in [6, 6.07) is 16.0. The number of carboxylic acid groups (broad SMARTS) is 1. The lowest BCUT2D eigenvalue weighted by Gasteiger charge is -2.12. The topological polar surface area (TPSA) is 72.8 Å². The van der Waals surface area contributed by atoms with Gasteiger partial charge in [0.25, 0.3) is 0 Å². The van der Waals surface area contributed by atoms with Crippen molar-refractivity contribution < 1.29 is 37.3 Å². The van der Waals surface area contributed by atoms with Gasteiger partial charge in [-0.15, -0.1) is 11.3 Å². The quantitative estimate of drug-likeness (QED) is 0.218. The smallest absolute Gasteiger partial charge is 0.417 e.